The average Bonchev–Trinajstić information content (AvgIpc) is 3.86. The number of hydrogen-bond acceptors (Lipinski definition) is 2. The van der Waals surface area contributed by atoms with Crippen molar-refractivity contribution in [1.29, 1.82) is 0 Å². The van der Waals surface area contributed by atoms with E-state index in [0.717, 1.165) is 11.4 Å². The maximum Gasteiger partial charge on any atom is 0.0605 e. The summed E-state index contributed by atoms with van der Waals surface area (Å²) in [5, 5.41) is 10.5. The molecule has 2 aliphatic carbocycles. The fraction of sp³-hybridized carbons (Fsp3) is 0.100. The molecule has 298 valence electrons. The van der Waals surface area contributed by atoms with Crippen LogP contribution in [-0.4, -0.2) is 4.57 Å². The summed E-state index contributed by atoms with van der Waals surface area (Å²) >= 11 is 1.90. The van der Waals surface area contributed by atoms with Gasteiger partial charge in [0, 0.05) is 42.8 Å². The lowest BCUT2D eigenvalue weighted by Gasteiger charge is -2.34. The van der Waals surface area contributed by atoms with Crippen LogP contribution >= 0.6 is 11.8 Å². The number of aromatic nitrogens is 1. The lowest BCUT2D eigenvalue weighted by Crippen LogP contribution is -2.19. The van der Waals surface area contributed by atoms with Crippen molar-refractivity contribution in [2.75, 3.05) is 4.90 Å². The summed E-state index contributed by atoms with van der Waals surface area (Å²) < 4.78 is 2.55. The molecule has 0 radical (unpaired) electrons. The minimum Gasteiger partial charge on any atom is -0.309 e. The molecule has 0 saturated carbocycles. The van der Waals surface area contributed by atoms with E-state index in [1.54, 1.807) is 0 Å². The number of para-hydroxylation sites is 2. The van der Waals surface area contributed by atoms with Crippen molar-refractivity contribution in [3.05, 3.63) is 204 Å². The van der Waals surface area contributed by atoms with Gasteiger partial charge in [-0.05, 0) is 137 Å². The molecular weight excluding hydrogens is 781 g/mol. The maximum atomic E-state index is 2.55. The zero-order valence-corrected chi connectivity index (χ0v) is 36.4. The van der Waals surface area contributed by atoms with E-state index >= 15 is 0 Å². The summed E-state index contributed by atoms with van der Waals surface area (Å²) in [6.45, 7) is 9.66. The number of benzene rings is 10. The molecular formula is C60H42N2S. The fourth-order valence-corrected chi connectivity index (χ4v) is 13.1. The van der Waals surface area contributed by atoms with Gasteiger partial charge in [0.15, 0.2) is 0 Å². The van der Waals surface area contributed by atoms with Crippen LogP contribution in [0.1, 0.15) is 49.9 Å². The molecule has 10 aromatic carbocycles. The molecule has 0 N–H and O–H groups in total. The van der Waals surface area contributed by atoms with E-state index in [1.165, 1.54) is 120 Å². The first kappa shape index (κ1) is 35.5. The van der Waals surface area contributed by atoms with Crippen molar-refractivity contribution in [2.24, 2.45) is 0 Å². The van der Waals surface area contributed by atoms with Gasteiger partial charge < -0.3 is 9.47 Å². The summed E-state index contributed by atoms with van der Waals surface area (Å²) in [7, 11) is 0. The lowest BCUT2D eigenvalue weighted by atomic mass is 9.81. The molecule has 0 bridgehead atoms. The van der Waals surface area contributed by atoms with Crippen molar-refractivity contribution in [3.63, 3.8) is 0 Å². The van der Waals surface area contributed by atoms with Gasteiger partial charge >= 0.3 is 0 Å². The van der Waals surface area contributed by atoms with E-state index < -0.39 is 0 Å². The summed E-state index contributed by atoms with van der Waals surface area (Å²) in [6, 6.07) is 68.8. The highest BCUT2D eigenvalue weighted by Crippen LogP contribution is 2.59. The van der Waals surface area contributed by atoms with E-state index in [0.29, 0.717) is 0 Å². The van der Waals surface area contributed by atoms with Gasteiger partial charge in [-0.3, -0.25) is 0 Å². The van der Waals surface area contributed by atoms with Crippen LogP contribution in [0.4, 0.5) is 17.1 Å². The van der Waals surface area contributed by atoms with Crippen molar-refractivity contribution < 1.29 is 0 Å². The first-order valence-electron chi connectivity index (χ1n) is 22.2. The quantitative estimate of drug-likeness (QED) is 0.161. The Morgan fingerprint density at radius 1 is 0.365 bits per heavy atom. The SMILES string of the molecule is CC1(C)c2cc3c(cc2-c2cc4c5ccccc5c5ccccc5c4cc21)Sc1ccccc1N3c1cccc(-n2c3ccccc3c3ccc4c(c32)C(C)(C)c2ccccc2-4)c1. The Bertz CT molecular complexity index is 3850. The van der Waals surface area contributed by atoms with Gasteiger partial charge in [0.1, 0.15) is 0 Å². The van der Waals surface area contributed by atoms with Crippen LogP contribution < -0.4 is 4.90 Å². The van der Waals surface area contributed by atoms with Crippen molar-refractivity contribution in [2.45, 2.75) is 48.3 Å². The van der Waals surface area contributed by atoms with Gasteiger partial charge in [0.2, 0.25) is 0 Å². The monoisotopic (exact) mass is 822 g/mol. The smallest absolute Gasteiger partial charge is 0.0605 e. The molecule has 3 heteroatoms. The van der Waals surface area contributed by atoms with Crippen LogP contribution in [0.2, 0.25) is 0 Å². The standard InChI is InChI=1S/C60H42N2S/c1-59(2)50-32-46-40-21-8-6-19-38(40)37-18-5-7-20-39(37)45(46)31-47(50)48-33-56-54(34-51(48)59)61(53-26-13-14-27-55(53)63-56)35-16-15-17-36(30-35)62-52-25-12-10-23-42(52)44-29-28-43-41-22-9-11-24-49(41)60(3,4)57(43)58(44)62/h5-34H,1-4H3. The van der Waals surface area contributed by atoms with Gasteiger partial charge in [-0.1, -0.05) is 161 Å². The normalized spacial score (nSPS) is 15.1. The second kappa shape index (κ2) is 12.3. The van der Waals surface area contributed by atoms with E-state index in [4.69, 9.17) is 0 Å². The molecule has 1 aliphatic heterocycles. The largest absolute Gasteiger partial charge is 0.309 e. The molecule has 0 amide bonds. The van der Waals surface area contributed by atoms with Crippen molar-refractivity contribution in [3.8, 4) is 27.9 Å². The Morgan fingerprint density at radius 3 is 1.78 bits per heavy atom. The third-order valence-corrected chi connectivity index (χ3v) is 16.0. The van der Waals surface area contributed by atoms with Gasteiger partial charge in [0.25, 0.3) is 0 Å². The van der Waals surface area contributed by atoms with E-state index in [-0.39, 0.29) is 10.8 Å². The number of anilines is 3. The Balaban J connectivity index is 0.987. The number of hydrogen-bond donors (Lipinski definition) is 0. The molecule has 0 unspecified atom stereocenters. The van der Waals surface area contributed by atoms with Crippen molar-refractivity contribution in [1.82, 2.24) is 4.57 Å². The minimum absolute atomic E-state index is 0.159. The second-order valence-corrected chi connectivity index (χ2v) is 19.9. The number of nitrogens with zero attached hydrogens (tertiary/aromatic N) is 2. The van der Waals surface area contributed by atoms with Crippen LogP contribution in [0, 0.1) is 0 Å². The predicted octanol–water partition coefficient (Wildman–Crippen LogP) is 16.8. The average molecular weight is 823 g/mol. The molecule has 3 aliphatic rings. The molecule has 2 heterocycles. The first-order valence-corrected chi connectivity index (χ1v) is 23.0. The highest BCUT2D eigenvalue weighted by atomic mass is 32.2. The molecule has 0 saturated heterocycles. The summed E-state index contributed by atoms with van der Waals surface area (Å²) in [5.74, 6) is 0. The Hall–Kier alpha value is -7.07. The Kier molecular flexibility index (Phi) is 6.94. The van der Waals surface area contributed by atoms with Gasteiger partial charge in [-0.25, -0.2) is 0 Å². The summed E-state index contributed by atoms with van der Waals surface area (Å²) in [6.07, 6.45) is 0. The van der Waals surface area contributed by atoms with Crippen LogP contribution in [0.25, 0.3) is 82.1 Å². The third-order valence-electron chi connectivity index (χ3n) is 14.9. The molecule has 14 rings (SSSR count). The van der Waals surface area contributed by atoms with E-state index in [9.17, 15) is 0 Å². The van der Waals surface area contributed by atoms with Gasteiger partial charge in [-0.15, -0.1) is 0 Å². The molecule has 1 aromatic heterocycles. The third kappa shape index (κ3) is 4.60. The maximum absolute atomic E-state index is 2.55. The molecule has 0 fully saturated rings. The van der Waals surface area contributed by atoms with Crippen LogP contribution in [0.3, 0.4) is 0 Å². The summed E-state index contributed by atoms with van der Waals surface area (Å²) in [5.41, 5.74) is 17.9. The zero-order chi connectivity index (χ0) is 41.9. The molecule has 2 nitrogen and oxygen atoms in total. The molecule has 0 atom stereocenters. The van der Waals surface area contributed by atoms with E-state index in [1.807, 2.05) is 11.8 Å². The summed E-state index contributed by atoms with van der Waals surface area (Å²) in [4.78, 5) is 5.07. The second-order valence-electron chi connectivity index (χ2n) is 18.9. The molecule has 11 aromatic rings. The fourth-order valence-electron chi connectivity index (χ4n) is 12.0. The topological polar surface area (TPSA) is 8.17 Å². The minimum atomic E-state index is -0.205. The molecule has 63 heavy (non-hydrogen) atoms. The lowest BCUT2D eigenvalue weighted by molar-refractivity contribution is 0.661. The highest BCUT2D eigenvalue weighted by Gasteiger charge is 2.40. The first-order chi connectivity index (χ1) is 30.8. The van der Waals surface area contributed by atoms with Crippen LogP contribution in [0.5, 0.6) is 0 Å². The number of fused-ring (bicyclic) bond motifs is 18. The van der Waals surface area contributed by atoms with Gasteiger partial charge in [-0.2, -0.15) is 0 Å². The Morgan fingerprint density at radius 2 is 0.984 bits per heavy atom. The van der Waals surface area contributed by atoms with Crippen molar-refractivity contribution >= 4 is 82.9 Å². The van der Waals surface area contributed by atoms with Crippen LogP contribution in [-0.2, 0) is 10.8 Å². The highest BCUT2D eigenvalue weighted by molar-refractivity contribution is 7.99. The molecule has 0 spiro atoms. The van der Waals surface area contributed by atoms with E-state index in [2.05, 4.69) is 219 Å². The zero-order valence-electron chi connectivity index (χ0n) is 35.6. The number of rotatable bonds is 2. The van der Waals surface area contributed by atoms with Gasteiger partial charge in [0.05, 0.1) is 22.4 Å². The predicted molar refractivity (Wildman–Crippen MR) is 267 cm³/mol. The Labute approximate surface area is 371 Å². The van der Waals surface area contributed by atoms with Crippen LogP contribution in [0.15, 0.2) is 192 Å².